The van der Waals surface area contributed by atoms with Crippen LogP contribution in [0, 0.1) is 0 Å². The van der Waals surface area contributed by atoms with Crippen molar-refractivity contribution in [2.75, 3.05) is 4.90 Å². The zero-order valence-electron chi connectivity index (χ0n) is 17.0. The van der Waals surface area contributed by atoms with E-state index in [4.69, 9.17) is 32.0 Å². The summed E-state index contributed by atoms with van der Waals surface area (Å²) in [7, 11) is 0. The molecule has 8 nitrogen and oxygen atoms in total. The molecule has 1 amide bonds. The van der Waals surface area contributed by atoms with Crippen LogP contribution in [0.25, 0.3) is 0 Å². The van der Waals surface area contributed by atoms with E-state index in [1.807, 2.05) is 6.07 Å². The lowest BCUT2D eigenvalue weighted by Crippen LogP contribution is -2.30. The summed E-state index contributed by atoms with van der Waals surface area (Å²) < 4.78 is 11.3. The zero-order chi connectivity index (χ0) is 23.8. The van der Waals surface area contributed by atoms with Crippen LogP contribution >= 0.6 is 46.3 Å². The number of aliphatic hydroxyl groups excluding tert-OH is 1. The number of thioether (sulfide) groups is 1. The summed E-state index contributed by atoms with van der Waals surface area (Å²) in [5.74, 6) is -1.33. The number of aromatic nitrogens is 2. The number of Topliss-reactive ketones (excluding diaryl/α,β-unsaturated/α-hetero) is 1. The van der Waals surface area contributed by atoms with E-state index in [2.05, 4.69) is 10.2 Å². The fraction of sp³-hybridized carbons (Fsp3) is 0.0909. The highest BCUT2D eigenvalue weighted by Gasteiger charge is 2.48. The summed E-state index contributed by atoms with van der Waals surface area (Å²) in [6.45, 7) is 0. The average Bonchev–Trinajstić information content (AvgIpc) is 3.62. The quantitative estimate of drug-likeness (QED) is 0.172. The van der Waals surface area contributed by atoms with Gasteiger partial charge in [-0.2, -0.15) is 0 Å². The molecule has 0 radical (unpaired) electrons. The largest absolute Gasteiger partial charge is 0.503 e. The summed E-state index contributed by atoms with van der Waals surface area (Å²) in [5.41, 5.74) is 0.705. The number of amides is 1. The molecular formula is C22H13Cl2N3O5S2. The van der Waals surface area contributed by atoms with Gasteiger partial charge >= 0.3 is 0 Å². The first kappa shape index (κ1) is 22.7. The number of aliphatic hydroxyl groups is 1. The minimum atomic E-state index is -1.03. The first-order valence-electron chi connectivity index (χ1n) is 9.72. The first-order chi connectivity index (χ1) is 16.4. The van der Waals surface area contributed by atoms with E-state index in [-0.39, 0.29) is 22.2 Å². The molecule has 12 heteroatoms. The Balaban J connectivity index is 1.44. The van der Waals surface area contributed by atoms with Crippen molar-refractivity contribution >= 4 is 63.1 Å². The molecule has 0 saturated heterocycles. The smallest absolute Gasteiger partial charge is 0.296 e. The van der Waals surface area contributed by atoms with Crippen LogP contribution in [0.1, 0.15) is 27.9 Å². The molecule has 5 rings (SSSR count). The number of furan rings is 2. The fourth-order valence-corrected chi connectivity index (χ4v) is 5.85. The number of rotatable bonds is 7. The second-order valence-corrected chi connectivity index (χ2v) is 10.1. The van der Waals surface area contributed by atoms with E-state index in [0.29, 0.717) is 20.1 Å². The van der Waals surface area contributed by atoms with Crippen LogP contribution < -0.4 is 4.90 Å². The van der Waals surface area contributed by atoms with E-state index < -0.39 is 23.5 Å². The maximum Gasteiger partial charge on any atom is 0.296 e. The first-order valence-corrected chi connectivity index (χ1v) is 12.3. The Hall–Kier alpha value is -3.05. The Morgan fingerprint density at radius 1 is 1.15 bits per heavy atom. The maximum absolute atomic E-state index is 13.1. The van der Waals surface area contributed by atoms with Crippen LogP contribution in [0.3, 0.4) is 0 Å². The lowest BCUT2D eigenvalue weighted by molar-refractivity contribution is -0.117. The van der Waals surface area contributed by atoms with Gasteiger partial charge in [0.25, 0.3) is 5.91 Å². The number of halogens is 2. The highest BCUT2D eigenvalue weighted by atomic mass is 35.5. The van der Waals surface area contributed by atoms with Crippen LogP contribution in [-0.4, -0.2) is 27.0 Å². The van der Waals surface area contributed by atoms with Gasteiger partial charge in [-0.05, 0) is 42.0 Å². The van der Waals surface area contributed by atoms with Crippen LogP contribution in [0.5, 0.6) is 0 Å². The Morgan fingerprint density at radius 2 is 1.94 bits per heavy atom. The van der Waals surface area contributed by atoms with Crippen molar-refractivity contribution in [1.29, 1.82) is 0 Å². The van der Waals surface area contributed by atoms with E-state index in [1.54, 1.807) is 30.3 Å². The molecule has 0 spiro atoms. The molecule has 1 atom stereocenters. The number of benzene rings is 1. The average molecular weight is 534 g/mol. The van der Waals surface area contributed by atoms with Crippen molar-refractivity contribution in [2.45, 2.75) is 16.1 Å². The van der Waals surface area contributed by atoms with Crippen LogP contribution in [0.4, 0.5) is 5.13 Å². The highest BCUT2D eigenvalue weighted by Crippen LogP contribution is 2.44. The summed E-state index contributed by atoms with van der Waals surface area (Å²) >= 11 is 14.7. The van der Waals surface area contributed by atoms with Gasteiger partial charge in [0.1, 0.15) is 11.8 Å². The van der Waals surface area contributed by atoms with Crippen LogP contribution in [0.2, 0.25) is 10.0 Å². The lowest BCUT2D eigenvalue weighted by Gasteiger charge is -2.21. The zero-order valence-corrected chi connectivity index (χ0v) is 20.1. The SMILES string of the molecule is O=C(C1=C(O)C(=O)N(c2nnc(SCc3ccc(Cl)cc3Cl)s2)C1c1ccco1)c1ccco1. The van der Waals surface area contributed by atoms with Crippen LogP contribution in [0.15, 0.2) is 79.5 Å². The molecule has 1 N–H and O–H groups in total. The molecule has 0 aliphatic carbocycles. The Morgan fingerprint density at radius 3 is 2.65 bits per heavy atom. The number of ketones is 1. The molecule has 1 aliphatic rings. The highest BCUT2D eigenvalue weighted by molar-refractivity contribution is 8.00. The number of carbonyl (C=O) groups is 2. The Labute approximate surface area is 210 Å². The van der Waals surface area contributed by atoms with Gasteiger partial charge in [-0.25, -0.2) is 0 Å². The fourth-order valence-electron chi connectivity index (χ4n) is 3.43. The number of hydrogen-bond donors (Lipinski definition) is 1. The number of carbonyl (C=O) groups excluding carboxylic acids is 2. The van der Waals surface area contributed by atoms with E-state index in [0.717, 1.165) is 16.9 Å². The van der Waals surface area contributed by atoms with Gasteiger partial charge in [0.2, 0.25) is 10.9 Å². The van der Waals surface area contributed by atoms with Gasteiger partial charge < -0.3 is 13.9 Å². The van der Waals surface area contributed by atoms with E-state index >= 15 is 0 Å². The van der Waals surface area contributed by atoms with Gasteiger partial charge in [0.05, 0.1) is 18.1 Å². The second kappa shape index (κ2) is 9.30. The molecule has 0 bridgehead atoms. The van der Waals surface area contributed by atoms with Crippen molar-refractivity contribution in [3.63, 3.8) is 0 Å². The molecule has 0 fully saturated rings. The van der Waals surface area contributed by atoms with E-state index in [1.165, 1.54) is 35.3 Å². The normalized spacial score (nSPS) is 16.0. The Bertz CT molecular complexity index is 1400. The standard InChI is InChI=1S/C22H13Cl2N3O5S2/c23-12-6-5-11(13(24)9-12)10-33-22-26-25-21(34-22)27-17(14-3-1-7-31-14)16(19(29)20(27)30)18(28)15-4-2-8-32-15/h1-9,17,29H,10H2. The molecule has 1 aliphatic heterocycles. The lowest BCUT2D eigenvalue weighted by atomic mass is 10.00. The van der Waals surface area contributed by atoms with Crippen molar-refractivity contribution in [2.24, 2.45) is 0 Å². The molecule has 1 aromatic carbocycles. The summed E-state index contributed by atoms with van der Waals surface area (Å²) in [6.07, 6.45) is 2.75. The van der Waals surface area contributed by atoms with Crippen LogP contribution in [-0.2, 0) is 10.5 Å². The third-order valence-electron chi connectivity index (χ3n) is 4.98. The molecular weight excluding hydrogens is 521 g/mol. The molecule has 3 aromatic heterocycles. The van der Waals surface area contributed by atoms with Crippen molar-refractivity contribution in [1.82, 2.24) is 10.2 Å². The minimum Gasteiger partial charge on any atom is -0.503 e. The summed E-state index contributed by atoms with van der Waals surface area (Å²) in [4.78, 5) is 27.3. The third kappa shape index (κ3) is 4.14. The summed E-state index contributed by atoms with van der Waals surface area (Å²) in [6, 6.07) is 10.4. The molecule has 4 aromatic rings. The van der Waals surface area contributed by atoms with Crippen molar-refractivity contribution in [3.8, 4) is 0 Å². The van der Waals surface area contributed by atoms with Gasteiger partial charge in [-0.1, -0.05) is 52.4 Å². The predicted molar refractivity (Wildman–Crippen MR) is 128 cm³/mol. The second-order valence-electron chi connectivity index (χ2n) is 7.04. The Kier molecular flexibility index (Phi) is 6.22. The summed E-state index contributed by atoms with van der Waals surface area (Å²) in [5, 5.41) is 20.2. The topological polar surface area (TPSA) is 110 Å². The molecule has 172 valence electrons. The monoisotopic (exact) mass is 533 g/mol. The van der Waals surface area contributed by atoms with Crippen molar-refractivity contribution in [3.05, 3.63) is 93.5 Å². The van der Waals surface area contributed by atoms with Gasteiger partial charge in [-0.15, -0.1) is 10.2 Å². The molecule has 34 heavy (non-hydrogen) atoms. The number of anilines is 1. The number of nitrogens with zero attached hydrogens (tertiary/aromatic N) is 3. The molecule has 4 heterocycles. The molecule has 1 unspecified atom stereocenters. The minimum absolute atomic E-state index is 0.0129. The van der Waals surface area contributed by atoms with Gasteiger partial charge in [-0.3, -0.25) is 14.5 Å². The van der Waals surface area contributed by atoms with Gasteiger partial charge in [0.15, 0.2) is 15.9 Å². The number of hydrogen-bond acceptors (Lipinski definition) is 9. The predicted octanol–water partition coefficient (Wildman–Crippen LogP) is 6.11. The third-order valence-corrected chi connectivity index (χ3v) is 7.67. The molecule has 0 saturated carbocycles. The maximum atomic E-state index is 13.1. The van der Waals surface area contributed by atoms with E-state index in [9.17, 15) is 14.7 Å². The van der Waals surface area contributed by atoms with Gasteiger partial charge in [0, 0.05) is 15.8 Å². The van der Waals surface area contributed by atoms with Crippen molar-refractivity contribution < 1.29 is 23.5 Å².